The van der Waals surface area contributed by atoms with Gasteiger partial charge in [-0.2, -0.15) is 10.2 Å². The molecule has 0 fully saturated rings. The molecule has 0 saturated heterocycles. The molecule has 1 atom stereocenters. The van der Waals surface area contributed by atoms with Crippen molar-refractivity contribution < 1.29 is 8.78 Å². The molecule has 0 saturated carbocycles. The Balaban J connectivity index is 1.98. The lowest BCUT2D eigenvalue weighted by atomic mass is 10.1. The van der Waals surface area contributed by atoms with E-state index in [4.69, 9.17) is 17.3 Å². The van der Waals surface area contributed by atoms with E-state index in [1.807, 2.05) is 6.07 Å². The maximum Gasteiger partial charge on any atom is 0.264 e. The molecule has 1 unspecified atom stereocenters. The van der Waals surface area contributed by atoms with Crippen LogP contribution in [0.1, 0.15) is 24.2 Å². The second-order valence-electron chi connectivity index (χ2n) is 6.98. The Labute approximate surface area is 185 Å². The van der Waals surface area contributed by atoms with Crippen molar-refractivity contribution in [3.05, 3.63) is 86.9 Å². The summed E-state index contributed by atoms with van der Waals surface area (Å²) in [6.45, 7) is 1.68. The van der Waals surface area contributed by atoms with Crippen LogP contribution in [0.3, 0.4) is 0 Å². The van der Waals surface area contributed by atoms with Crippen molar-refractivity contribution in [3.8, 4) is 11.8 Å². The number of nitriles is 1. The van der Waals surface area contributed by atoms with Crippen LogP contribution in [-0.4, -0.2) is 14.5 Å². The number of nitrogens with one attached hydrogen (secondary N) is 1. The molecule has 160 valence electrons. The highest BCUT2D eigenvalue weighted by molar-refractivity contribution is 6.35. The topological polar surface area (TPSA) is 110 Å². The van der Waals surface area contributed by atoms with Crippen molar-refractivity contribution in [1.29, 1.82) is 5.26 Å². The number of fused-ring (bicyclic) bond motifs is 1. The molecular formula is C22H15ClF2N6O. The van der Waals surface area contributed by atoms with E-state index in [-0.39, 0.29) is 39.1 Å². The number of nitrogen functional groups attached to an aromatic ring is 1. The smallest absolute Gasteiger partial charge is 0.264 e. The SMILES string of the molecule is CC(Nc1nc(N)ncc1C#N)c1cc2cccc(Cl)c2c(=O)n1-c1cc(F)ccc1F. The number of benzene rings is 2. The first kappa shape index (κ1) is 21.2. The van der Waals surface area contributed by atoms with E-state index in [2.05, 4.69) is 15.3 Å². The molecule has 7 nitrogen and oxygen atoms in total. The highest BCUT2D eigenvalue weighted by Crippen LogP contribution is 2.28. The molecule has 0 radical (unpaired) electrons. The number of pyridine rings is 1. The molecule has 0 amide bonds. The fourth-order valence-electron chi connectivity index (χ4n) is 3.43. The number of rotatable bonds is 4. The molecule has 10 heteroatoms. The van der Waals surface area contributed by atoms with Gasteiger partial charge in [-0.3, -0.25) is 9.36 Å². The van der Waals surface area contributed by atoms with Gasteiger partial charge >= 0.3 is 0 Å². The lowest BCUT2D eigenvalue weighted by Crippen LogP contribution is -2.27. The van der Waals surface area contributed by atoms with E-state index in [1.54, 1.807) is 31.2 Å². The largest absolute Gasteiger partial charge is 0.368 e. The maximum atomic E-state index is 14.7. The quantitative estimate of drug-likeness (QED) is 0.476. The van der Waals surface area contributed by atoms with Gasteiger partial charge in [0.05, 0.1) is 28.3 Å². The first-order valence-corrected chi connectivity index (χ1v) is 9.76. The summed E-state index contributed by atoms with van der Waals surface area (Å²) in [6.07, 6.45) is 1.26. The van der Waals surface area contributed by atoms with Crippen molar-refractivity contribution >= 4 is 34.1 Å². The van der Waals surface area contributed by atoms with E-state index in [0.29, 0.717) is 5.39 Å². The fraction of sp³-hybridized carbons (Fsp3) is 0.0909. The average Bonchev–Trinajstić information content (AvgIpc) is 2.75. The number of hydrogen-bond donors (Lipinski definition) is 2. The normalized spacial score (nSPS) is 11.8. The van der Waals surface area contributed by atoms with Crippen LogP contribution in [0.25, 0.3) is 16.5 Å². The van der Waals surface area contributed by atoms with Crippen molar-refractivity contribution in [2.24, 2.45) is 0 Å². The third kappa shape index (κ3) is 3.72. The summed E-state index contributed by atoms with van der Waals surface area (Å²) >= 11 is 6.25. The second-order valence-corrected chi connectivity index (χ2v) is 7.39. The van der Waals surface area contributed by atoms with Gasteiger partial charge in [0.1, 0.15) is 29.1 Å². The maximum absolute atomic E-state index is 14.7. The number of anilines is 2. The van der Waals surface area contributed by atoms with Crippen LogP contribution in [0.5, 0.6) is 0 Å². The van der Waals surface area contributed by atoms with Gasteiger partial charge in [0, 0.05) is 11.8 Å². The summed E-state index contributed by atoms with van der Waals surface area (Å²) in [5.74, 6) is -1.43. The van der Waals surface area contributed by atoms with Crippen LogP contribution in [0.4, 0.5) is 20.5 Å². The number of nitrogens with two attached hydrogens (primary N) is 1. The minimum absolute atomic E-state index is 0.0578. The van der Waals surface area contributed by atoms with Gasteiger partial charge in [0.2, 0.25) is 5.95 Å². The van der Waals surface area contributed by atoms with E-state index < -0.39 is 23.2 Å². The standard InChI is InChI=1S/C22H15ClF2N6O/c1-11(29-20-13(9-26)10-28-22(27)30-20)17-7-12-3-2-4-15(23)19(12)21(32)31(17)18-8-14(24)5-6-16(18)25/h2-8,10-11H,1H3,(H3,27,28,29,30). The highest BCUT2D eigenvalue weighted by atomic mass is 35.5. The Morgan fingerprint density at radius 2 is 2.03 bits per heavy atom. The van der Waals surface area contributed by atoms with E-state index >= 15 is 0 Å². The van der Waals surface area contributed by atoms with Crippen LogP contribution >= 0.6 is 11.6 Å². The van der Waals surface area contributed by atoms with Gasteiger partial charge in [0.25, 0.3) is 5.56 Å². The van der Waals surface area contributed by atoms with Gasteiger partial charge in [-0.05, 0) is 36.6 Å². The van der Waals surface area contributed by atoms with Gasteiger partial charge in [0.15, 0.2) is 0 Å². The van der Waals surface area contributed by atoms with Gasteiger partial charge in [-0.1, -0.05) is 23.7 Å². The highest BCUT2D eigenvalue weighted by Gasteiger charge is 2.21. The molecule has 2 heterocycles. The predicted molar refractivity (Wildman–Crippen MR) is 118 cm³/mol. The van der Waals surface area contributed by atoms with Crippen LogP contribution < -0.4 is 16.6 Å². The predicted octanol–water partition coefficient (Wildman–Crippen LogP) is 4.34. The van der Waals surface area contributed by atoms with Gasteiger partial charge in [-0.25, -0.2) is 13.8 Å². The fourth-order valence-corrected chi connectivity index (χ4v) is 3.69. The van der Waals surface area contributed by atoms with Crippen molar-refractivity contribution in [2.45, 2.75) is 13.0 Å². The summed E-state index contributed by atoms with van der Waals surface area (Å²) in [5.41, 5.74) is 5.15. The zero-order chi connectivity index (χ0) is 23.0. The third-order valence-corrected chi connectivity index (χ3v) is 5.21. The molecule has 0 bridgehead atoms. The first-order valence-electron chi connectivity index (χ1n) is 9.39. The molecular weight excluding hydrogens is 438 g/mol. The molecule has 0 aliphatic heterocycles. The van der Waals surface area contributed by atoms with E-state index in [9.17, 15) is 18.8 Å². The summed E-state index contributed by atoms with van der Waals surface area (Å²) in [4.78, 5) is 21.2. The van der Waals surface area contributed by atoms with Gasteiger partial charge in [-0.15, -0.1) is 0 Å². The molecule has 0 spiro atoms. The van der Waals surface area contributed by atoms with Crippen LogP contribution in [-0.2, 0) is 0 Å². The lowest BCUT2D eigenvalue weighted by molar-refractivity contribution is 0.587. The number of halogens is 3. The summed E-state index contributed by atoms with van der Waals surface area (Å²) in [7, 11) is 0. The first-order chi connectivity index (χ1) is 15.3. The molecule has 2 aromatic carbocycles. The number of aromatic nitrogens is 3. The molecule has 32 heavy (non-hydrogen) atoms. The minimum atomic E-state index is -0.794. The Morgan fingerprint density at radius 1 is 1.25 bits per heavy atom. The lowest BCUT2D eigenvalue weighted by Gasteiger charge is -2.22. The number of hydrogen-bond acceptors (Lipinski definition) is 6. The van der Waals surface area contributed by atoms with Crippen LogP contribution in [0.2, 0.25) is 5.02 Å². The molecule has 4 aromatic rings. The summed E-state index contributed by atoms with van der Waals surface area (Å²) in [6, 6.07) is 10.6. The van der Waals surface area contributed by atoms with Crippen molar-refractivity contribution in [3.63, 3.8) is 0 Å². The third-order valence-electron chi connectivity index (χ3n) is 4.90. The van der Waals surface area contributed by atoms with Crippen LogP contribution in [0, 0.1) is 23.0 Å². The Hall–Kier alpha value is -4.03. The van der Waals surface area contributed by atoms with E-state index in [1.165, 1.54) is 6.20 Å². The summed E-state index contributed by atoms with van der Waals surface area (Å²) < 4.78 is 29.8. The zero-order valence-corrected chi connectivity index (χ0v) is 17.4. The van der Waals surface area contributed by atoms with E-state index in [0.717, 1.165) is 22.8 Å². The van der Waals surface area contributed by atoms with Crippen molar-refractivity contribution in [1.82, 2.24) is 14.5 Å². The molecule has 0 aliphatic rings. The van der Waals surface area contributed by atoms with Crippen LogP contribution in [0.15, 0.2) is 53.5 Å². The molecule has 3 N–H and O–H groups in total. The monoisotopic (exact) mass is 452 g/mol. The molecule has 4 rings (SSSR count). The summed E-state index contributed by atoms with van der Waals surface area (Å²) in [5, 5.41) is 13.2. The molecule has 2 aromatic heterocycles. The van der Waals surface area contributed by atoms with Gasteiger partial charge < -0.3 is 11.1 Å². The average molecular weight is 453 g/mol. The Bertz CT molecular complexity index is 1460. The second kappa shape index (κ2) is 8.24. The minimum Gasteiger partial charge on any atom is -0.368 e. The number of nitrogens with zero attached hydrogens (tertiary/aromatic N) is 4. The van der Waals surface area contributed by atoms with Crippen molar-refractivity contribution in [2.75, 3.05) is 11.1 Å². The Morgan fingerprint density at radius 3 is 2.78 bits per heavy atom. The zero-order valence-electron chi connectivity index (χ0n) is 16.6. The molecule has 0 aliphatic carbocycles. The Kier molecular flexibility index (Phi) is 5.47.